The summed E-state index contributed by atoms with van der Waals surface area (Å²) in [5.74, 6) is 0.111. The maximum absolute atomic E-state index is 12.1. The molecule has 1 heterocycles. The second kappa shape index (κ2) is 2.90. The van der Waals surface area contributed by atoms with Crippen molar-refractivity contribution in [1.82, 2.24) is 0 Å². The fraction of sp³-hybridized carbons (Fsp3) is 0.250. The molecular formula is C12H11NOS. The topological polar surface area (TPSA) is 43.1 Å². The molecular weight excluding hydrogens is 206 g/mol. The molecule has 1 aromatic carbocycles. The van der Waals surface area contributed by atoms with Crippen molar-refractivity contribution < 1.29 is 4.79 Å². The van der Waals surface area contributed by atoms with Gasteiger partial charge in [0.1, 0.15) is 0 Å². The monoisotopic (exact) mass is 217 g/mol. The van der Waals surface area contributed by atoms with Gasteiger partial charge in [0.15, 0.2) is 5.78 Å². The number of benzene rings is 1. The number of rotatable bonds is 2. The fourth-order valence-corrected chi connectivity index (χ4v) is 2.72. The van der Waals surface area contributed by atoms with Crippen molar-refractivity contribution >= 4 is 27.2 Å². The Hall–Kier alpha value is -1.19. The zero-order chi connectivity index (χ0) is 10.5. The lowest BCUT2D eigenvalue weighted by molar-refractivity contribution is 0.0951. The molecule has 0 unspecified atom stereocenters. The zero-order valence-corrected chi connectivity index (χ0v) is 9.01. The summed E-state index contributed by atoms with van der Waals surface area (Å²) in [6.45, 7) is 0. The maximum Gasteiger partial charge on any atom is 0.184 e. The molecule has 0 bridgehead atoms. The highest BCUT2D eigenvalue weighted by Crippen LogP contribution is 2.38. The summed E-state index contributed by atoms with van der Waals surface area (Å²) in [7, 11) is 0. The average Bonchev–Trinajstić information content (AvgIpc) is 2.87. The van der Waals surface area contributed by atoms with Crippen LogP contribution in [0.2, 0.25) is 0 Å². The van der Waals surface area contributed by atoms with E-state index in [1.807, 2.05) is 29.6 Å². The number of carbonyl (C=O) groups excluding carboxylic acids is 1. The molecule has 3 heteroatoms. The van der Waals surface area contributed by atoms with Crippen LogP contribution in [0.4, 0.5) is 0 Å². The van der Waals surface area contributed by atoms with E-state index < -0.39 is 5.54 Å². The molecule has 0 saturated heterocycles. The average molecular weight is 217 g/mol. The van der Waals surface area contributed by atoms with E-state index in [9.17, 15) is 4.79 Å². The third-order valence-electron chi connectivity index (χ3n) is 2.97. The molecule has 3 rings (SSSR count). The molecule has 1 fully saturated rings. The summed E-state index contributed by atoms with van der Waals surface area (Å²) >= 11 is 1.61. The molecule has 0 spiro atoms. The second-order valence-electron chi connectivity index (χ2n) is 4.13. The molecule has 0 atom stereocenters. The van der Waals surface area contributed by atoms with Gasteiger partial charge in [-0.1, -0.05) is 18.2 Å². The van der Waals surface area contributed by atoms with Crippen molar-refractivity contribution in [1.29, 1.82) is 0 Å². The highest BCUT2D eigenvalue weighted by atomic mass is 32.1. The Kier molecular flexibility index (Phi) is 1.75. The standard InChI is InChI=1S/C12H11NOS/c13-12(5-6-12)11(14)9-7-15-10-4-2-1-3-8(9)10/h1-4,7H,5-6,13H2. The third-order valence-corrected chi connectivity index (χ3v) is 3.93. The van der Waals surface area contributed by atoms with Gasteiger partial charge in [0.2, 0.25) is 0 Å². The fourth-order valence-electron chi connectivity index (χ4n) is 1.78. The van der Waals surface area contributed by atoms with Gasteiger partial charge in [0.25, 0.3) is 0 Å². The summed E-state index contributed by atoms with van der Waals surface area (Å²) in [6, 6.07) is 7.97. The van der Waals surface area contributed by atoms with Crippen LogP contribution in [-0.4, -0.2) is 11.3 Å². The van der Waals surface area contributed by atoms with Gasteiger partial charge in [-0.05, 0) is 18.9 Å². The molecule has 0 amide bonds. The van der Waals surface area contributed by atoms with Crippen molar-refractivity contribution in [3.63, 3.8) is 0 Å². The van der Waals surface area contributed by atoms with Crippen molar-refractivity contribution in [2.45, 2.75) is 18.4 Å². The number of carbonyl (C=O) groups is 1. The van der Waals surface area contributed by atoms with Crippen LogP contribution in [0.1, 0.15) is 23.2 Å². The number of ketones is 1. The van der Waals surface area contributed by atoms with E-state index in [4.69, 9.17) is 5.73 Å². The minimum atomic E-state index is -0.552. The lowest BCUT2D eigenvalue weighted by atomic mass is 10.0. The van der Waals surface area contributed by atoms with E-state index in [1.54, 1.807) is 11.3 Å². The molecule has 2 N–H and O–H groups in total. The first-order valence-corrected chi connectivity index (χ1v) is 5.89. The van der Waals surface area contributed by atoms with Crippen LogP contribution in [0.15, 0.2) is 29.6 Å². The van der Waals surface area contributed by atoms with Crippen molar-refractivity contribution in [3.8, 4) is 0 Å². The van der Waals surface area contributed by atoms with Gasteiger partial charge in [-0.25, -0.2) is 0 Å². The first-order valence-electron chi connectivity index (χ1n) is 5.01. The number of thiophene rings is 1. The van der Waals surface area contributed by atoms with E-state index >= 15 is 0 Å². The number of nitrogens with two attached hydrogens (primary N) is 1. The Balaban J connectivity index is 2.15. The lowest BCUT2D eigenvalue weighted by Gasteiger charge is -2.05. The van der Waals surface area contributed by atoms with Crippen LogP contribution in [0, 0.1) is 0 Å². The molecule has 1 aliphatic carbocycles. The van der Waals surface area contributed by atoms with E-state index in [0.717, 1.165) is 28.5 Å². The van der Waals surface area contributed by atoms with Crippen molar-refractivity contribution in [3.05, 3.63) is 35.2 Å². The minimum Gasteiger partial charge on any atom is -0.319 e. The molecule has 1 aromatic heterocycles. The number of hydrogen-bond donors (Lipinski definition) is 1. The number of hydrogen-bond acceptors (Lipinski definition) is 3. The van der Waals surface area contributed by atoms with Crippen LogP contribution in [0.3, 0.4) is 0 Å². The van der Waals surface area contributed by atoms with Gasteiger partial charge in [-0.2, -0.15) is 0 Å². The van der Waals surface area contributed by atoms with Crippen LogP contribution in [0.25, 0.3) is 10.1 Å². The summed E-state index contributed by atoms with van der Waals surface area (Å²) in [5.41, 5.74) is 6.18. The molecule has 0 radical (unpaired) electrons. The van der Waals surface area contributed by atoms with Crippen LogP contribution < -0.4 is 5.73 Å². The number of fused-ring (bicyclic) bond motifs is 1. The molecule has 1 saturated carbocycles. The smallest absolute Gasteiger partial charge is 0.184 e. The molecule has 1 aliphatic rings. The summed E-state index contributed by atoms with van der Waals surface area (Å²) in [6.07, 6.45) is 1.66. The van der Waals surface area contributed by atoms with Crippen LogP contribution in [0.5, 0.6) is 0 Å². The van der Waals surface area contributed by atoms with E-state index in [2.05, 4.69) is 0 Å². The van der Waals surface area contributed by atoms with Crippen LogP contribution in [-0.2, 0) is 0 Å². The second-order valence-corrected chi connectivity index (χ2v) is 5.04. The number of Topliss-reactive ketones (excluding diaryl/α,β-unsaturated/α-hetero) is 1. The molecule has 76 valence electrons. The highest BCUT2D eigenvalue weighted by Gasteiger charge is 2.46. The largest absolute Gasteiger partial charge is 0.319 e. The quantitative estimate of drug-likeness (QED) is 0.786. The molecule has 15 heavy (non-hydrogen) atoms. The molecule has 2 aromatic rings. The van der Waals surface area contributed by atoms with Gasteiger partial charge in [0, 0.05) is 21.0 Å². The Morgan fingerprint density at radius 3 is 2.80 bits per heavy atom. The minimum absolute atomic E-state index is 0.111. The van der Waals surface area contributed by atoms with E-state index in [-0.39, 0.29) is 5.78 Å². The van der Waals surface area contributed by atoms with E-state index in [0.29, 0.717) is 0 Å². The first-order chi connectivity index (χ1) is 7.21. The molecule has 0 aliphatic heterocycles. The Morgan fingerprint density at radius 1 is 1.33 bits per heavy atom. The van der Waals surface area contributed by atoms with E-state index in [1.165, 1.54) is 0 Å². The van der Waals surface area contributed by atoms with Gasteiger partial charge >= 0.3 is 0 Å². The van der Waals surface area contributed by atoms with Crippen LogP contribution >= 0.6 is 11.3 Å². The maximum atomic E-state index is 12.1. The van der Waals surface area contributed by atoms with Gasteiger partial charge in [0.05, 0.1) is 5.54 Å². The molecule has 2 nitrogen and oxygen atoms in total. The predicted octanol–water partition coefficient (Wildman–Crippen LogP) is 2.58. The lowest BCUT2D eigenvalue weighted by Crippen LogP contribution is -2.32. The summed E-state index contributed by atoms with van der Waals surface area (Å²) in [4.78, 5) is 12.1. The van der Waals surface area contributed by atoms with Gasteiger partial charge in [-0.15, -0.1) is 11.3 Å². The Morgan fingerprint density at radius 2 is 2.07 bits per heavy atom. The SMILES string of the molecule is NC1(C(=O)c2csc3ccccc23)CC1. The highest BCUT2D eigenvalue weighted by molar-refractivity contribution is 7.17. The van der Waals surface area contributed by atoms with Gasteiger partial charge in [-0.3, -0.25) is 4.79 Å². The van der Waals surface area contributed by atoms with Gasteiger partial charge < -0.3 is 5.73 Å². The normalized spacial score (nSPS) is 17.9. The summed E-state index contributed by atoms with van der Waals surface area (Å²) < 4.78 is 1.16. The first kappa shape index (κ1) is 9.07. The Bertz CT molecular complexity index is 539. The predicted molar refractivity (Wildman–Crippen MR) is 62.3 cm³/mol. The summed E-state index contributed by atoms with van der Waals surface area (Å²) in [5, 5.41) is 2.98. The zero-order valence-electron chi connectivity index (χ0n) is 8.19. The third kappa shape index (κ3) is 1.31. The Labute approximate surface area is 91.7 Å². The van der Waals surface area contributed by atoms with Crippen molar-refractivity contribution in [2.24, 2.45) is 5.73 Å². The van der Waals surface area contributed by atoms with Crippen molar-refractivity contribution in [2.75, 3.05) is 0 Å².